The molecule has 0 fully saturated rings. The van der Waals surface area contributed by atoms with Crippen LogP contribution in [-0.2, 0) is 6.42 Å². The molecule has 1 aliphatic carbocycles. The maximum Gasteiger partial charge on any atom is 0.291 e. The number of benzene rings is 1. The molecule has 0 amide bonds. The SMILES string of the molecule is O=c1[nH]c2c(n3ccnc13)-c1ccccc1C2. The van der Waals surface area contributed by atoms with Crippen molar-refractivity contribution in [2.45, 2.75) is 6.42 Å². The molecule has 0 aliphatic heterocycles. The van der Waals surface area contributed by atoms with Gasteiger partial charge < -0.3 is 4.98 Å². The Kier molecular flexibility index (Phi) is 1.47. The van der Waals surface area contributed by atoms with E-state index in [1.54, 1.807) is 6.20 Å². The summed E-state index contributed by atoms with van der Waals surface area (Å²) in [5.41, 5.74) is 4.80. The maximum absolute atomic E-state index is 11.8. The lowest BCUT2D eigenvalue weighted by Crippen LogP contribution is -2.13. The van der Waals surface area contributed by atoms with Gasteiger partial charge in [-0.3, -0.25) is 9.20 Å². The second kappa shape index (κ2) is 2.85. The van der Waals surface area contributed by atoms with Crippen LogP contribution in [0.2, 0.25) is 0 Å². The van der Waals surface area contributed by atoms with Gasteiger partial charge in [-0.05, 0) is 5.56 Å². The van der Waals surface area contributed by atoms with Gasteiger partial charge in [0, 0.05) is 30.1 Å². The van der Waals surface area contributed by atoms with Crippen LogP contribution < -0.4 is 5.56 Å². The Balaban J connectivity index is 2.23. The van der Waals surface area contributed by atoms with Gasteiger partial charge in [0.15, 0.2) is 0 Å². The lowest BCUT2D eigenvalue weighted by Gasteiger charge is -2.04. The number of H-pyrrole nitrogens is 1. The molecule has 0 saturated carbocycles. The van der Waals surface area contributed by atoms with Crippen molar-refractivity contribution in [2.24, 2.45) is 0 Å². The van der Waals surface area contributed by atoms with Gasteiger partial charge in [0.2, 0.25) is 5.65 Å². The van der Waals surface area contributed by atoms with Crippen LogP contribution in [0.25, 0.3) is 16.9 Å². The fourth-order valence-corrected chi connectivity index (χ4v) is 2.57. The summed E-state index contributed by atoms with van der Waals surface area (Å²) >= 11 is 0. The first-order valence-corrected chi connectivity index (χ1v) is 5.51. The van der Waals surface area contributed by atoms with Crippen molar-refractivity contribution in [3.05, 3.63) is 58.3 Å². The number of hydrogen-bond acceptors (Lipinski definition) is 2. The van der Waals surface area contributed by atoms with Gasteiger partial charge in [0.05, 0.1) is 5.69 Å². The number of imidazole rings is 1. The average molecular weight is 223 g/mol. The second-order valence-corrected chi connectivity index (χ2v) is 4.24. The predicted molar refractivity (Wildman–Crippen MR) is 64.1 cm³/mol. The third-order valence-corrected chi connectivity index (χ3v) is 3.27. The number of nitrogens with zero attached hydrogens (tertiary/aromatic N) is 2. The molecule has 1 aromatic carbocycles. The monoisotopic (exact) mass is 223 g/mol. The van der Waals surface area contributed by atoms with E-state index in [1.807, 2.05) is 22.7 Å². The molecule has 1 N–H and O–H groups in total. The van der Waals surface area contributed by atoms with Crippen LogP contribution in [0.15, 0.2) is 41.5 Å². The fourth-order valence-electron chi connectivity index (χ4n) is 2.57. The van der Waals surface area contributed by atoms with E-state index in [1.165, 1.54) is 11.1 Å². The summed E-state index contributed by atoms with van der Waals surface area (Å²) in [6.45, 7) is 0. The first-order chi connectivity index (χ1) is 8.34. The van der Waals surface area contributed by atoms with E-state index >= 15 is 0 Å². The molecule has 0 spiro atoms. The highest BCUT2D eigenvalue weighted by Crippen LogP contribution is 2.34. The fraction of sp³-hybridized carbons (Fsp3) is 0.0769. The van der Waals surface area contributed by atoms with Gasteiger partial charge in [-0.15, -0.1) is 0 Å². The third-order valence-electron chi connectivity index (χ3n) is 3.27. The molecule has 0 saturated heterocycles. The van der Waals surface area contributed by atoms with E-state index < -0.39 is 0 Å². The molecule has 3 aromatic rings. The van der Waals surface area contributed by atoms with Gasteiger partial charge in [0.1, 0.15) is 0 Å². The highest BCUT2D eigenvalue weighted by molar-refractivity contribution is 5.74. The normalized spacial score (nSPS) is 12.7. The Morgan fingerprint density at radius 1 is 1.29 bits per heavy atom. The first-order valence-electron chi connectivity index (χ1n) is 5.51. The molecule has 4 rings (SSSR count). The largest absolute Gasteiger partial charge is 0.321 e. The predicted octanol–water partition coefficient (Wildman–Crippen LogP) is 1.59. The van der Waals surface area contributed by atoms with Crippen molar-refractivity contribution in [2.75, 3.05) is 0 Å². The molecule has 0 atom stereocenters. The Bertz CT molecular complexity index is 798. The summed E-state index contributed by atoms with van der Waals surface area (Å²) in [6.07, 6.45) is 4.28. The van der Waals surface area contributed by atoms with Crippen molar-refractivity contribution in [3.63, 3.8) is 0 Å². The van der Waals surface area contributed by atoms with Crippen LogP contribution in [-0.4, -0.2) is 14.4 Å². The van der Waals surface area contributed by atoms with Crippen LogP contribution in [0.4, 0.5) is 0 Å². The molecule has 2 heterocycles. The zero-order chi connectivity index (χ0) is 11.4. The van der Waals surface area contributed by atoms with E-state index in [0.29, 0.717) is 5.65 Å². The zero-order valence-electron chi connectivity index (χ0n) is 8.97. The highest BCUT2D eigenvalue weighted by Gasteiger charge is 2.22. The van der Waals surface area contributed by atoms with Gasteiger partial charge in [-0.25, -0.2) is 4.98 Å². The number of rotatable bonds is 0. The Hall–Kier alpha value is -2.36. The molecule has 0 unspecified atom stereocenters. The van der Waals surface area contributed by atoms with Crippen LogP contribution in [0, 0.1) is 0 Å². The smallest absolute Gasteiger partial charge is 0.291 e. The summed E-state index contributed by atoms with van der Waals surface area (Å²) in [5, 5.41) is 0. The standard InChI is InChI=1S/C13H9N3O/c17-13-12-14-5-6-16(12)11-9-4-2-1-3-8(9)7-10(11)15-13/h1-6H,7H2,(H,15,17). The topological polar surface area (TPSA) is 50.2 Å². The minimum Gasteiger partial charge on any atom is -0.321 e. The van der Waals surface area contributed by atoms with Gasteiger partial charge >= 0.3 is 0 Å². The summed E-state index contributed by atoms with van der Waals surface area (Å²) in [7, 11) is 0. The van der Waals surface area contributed by atoms with Gasteiger partial charge in [-0.1, -0.05) is 24.3 Å². The van der Waals surface area contributed by atoms with Crippen molar-refractivity contribution in [1.29, 1.82) is 0 Å². The quantitative estimate of drug-likeness (QED) is 0.492. The molecule has 17 heavy (non-hydrogen) atoms. The lowest BCUT2D eigenvalue weighted by molar-refractivity contribution is 1.03. The van der Waals surface area contributed by atoms with Gasteiger partial charge in [-0.2, -0.15) is 0 Å². The third kappa shape index (κ3) is 1.02. The number of hydrogen-bond donors (Lipinski definition) is 1. The zero-order valence-corrected chi connectivity index (χ0v) is 8.97. The molecule has 1 aliphatic rings. The molecule has 0 bridgehead atoms. The summed E-state index contributed by atoms with van der Waals surface area (Å²) in [6, 6.07) is 8.21. The van der Waals surface area contributed by atoms with E-state index in [9.17, 15) is 4.79 Å². The highest BCUT2D eigenvalue weighted by atomic mass is 16.1. The van der Waals surface area contributed by atoms with E-state index in [0.717, 1.165) is 17.8 Å². The number of nitrogens with one attached hydrogen (secondary N) is 1. The lowest BCUT2D eigenvalue weighted by atomic mass is 10.1. The minimum absolute atomic E-state index is 0.124. The van der Waals surface area contributed by atoms with Crippen molar-refractivity contribution in [3.8, 4) is 11.3 Å². The number of fused-ring (bicyclic) bond motifs is 5. The van der Waals surface area contributed by atoms with Crippen molar-refractivity contribution < 1.29 is 0 Å². The van der Waals surface area contributed by atoms with E-state index in [4.69, 9.17) is 0 Å². The molecule has 0 radical (unpaired) electrons. The Morgan fingerprint density at radius 3 is 3.12 bits per heavy atom. The summed E-state index contributed by atoms with van der Waals surface area (Å²) < 4.78 is 1.88. The molecular formula is C13H9N3O. The van der Waals surface area contributed by atoms with Crippen molar-refractivity contribution >= 4 is 5.65 Å². The minimum atomic E-state index is -0.124. The average Bonchev–Trinajstić information content (AvgIpc) is 2.90. The van der Waals surface area contributed by atoms with Crippen LogP contribution in [0.5, 0.6) is 0 Å². The second-order valence-electron chi connectivity index (χ2n) is 4.24. The summed E-state index contributed by atoms with van der Waals surface area (Å²) in [4.78, 5) is 18.8. The van der Waals surface area contributed by atoms with Crippen LogP contribution in [0.1, 0.15) is 11.3 Å². The molecule has 4 nitrogen and oxygen atoms in total. The van der Waals surface area contributed by atoms with Gasteiger partial charge in [0.25, 0.3) is 5.56 Å². The summed E-state index contributed by atoms with van der Waals surface area (Å²) in [5.74, 6) is 0. The molecule has 4 heteroatoms. The number of aromatic amines is 1. The maximum atomic E-state index is 11.8. The molecule has 2 aromatic heterocycles. The molecular weight excluding hydrogens is 214 g/mol. The van der Waals surface area contributed by atoms with Crippen LogP contribution >= 0.6 is 0 Å². The van der Waals surface area contributed by atoms with E-state index in [-0.39, 0.29) is 5.56 Å². The van der Waals surface area contributed by atoms with E-state index in [2.05, 4.69) is 22.1 Å². The number of aromatic nitrogens is 3. The Morgan fingerprint density at radius 2 is 2.18 bits per heavy atom. The first kappa shape index (κ1) is 8.75. The Labute approximate surface area is 96.6 Å². The molecule has 82 valence electrons. The van der Waals surface area contributed by atoms with Crippen LogP contribution in [0.3, 0.4) is 0 Å². The van der Waals surface area contributed by atoms with Crippen molar-refractivity contribution in [1.82, 2.24) is 14.4 Å².